The number of aliphatic hydroxyl groups is 1. The minimum absolute atomic E-state index is 0.345. The van der Waals surface area contributed by atoms with Crippen molar-refractivity contribution < 1.29 is 5.11 Å². The first-order valence-electron chi connectivity index (χ1n) is 8.28. The second kappa shape index (κ2) is 6.89. The van der Waals surface area contributed by atoms with E-state index < -0.39 is 5.60 Å². The molecule has 0 aromatic carbocycles. The maximum absolute atomic E-state index is 11.0. The highest BCUT2D eigenvalue weighted by atomic mass is 32.1. The van der Waals surface area contributed by atoms with Crippen LogP contribution in [-0.2, 0) is 5.60 Å². The van der Waals surface area contributed by atoms with Gasteiger partial charge in [-0.15, -0.1) is 11.3 Å². The monoisotopic (exact) mass is 329 g/mol. The molecule has 122 valence electrons. The van der Waals surface area contributed by atoms with Gasteiger partial charge in [0.2, 0.25) is 0 Å². The molecule has 0 unspecified atom stereocenters. The molecule has 23 heavy (non-hydrogen) atoms. The third-order valence-electron chi connectivity index (χ3n) is 4.78. The molecule has 2 aromatic rings. The lowest BCUT2D eigenvalue weighted by Gasteiger charge is -2.36. The van der Waals surface area contributed by atoms with Gasteiger partial charge in [-0.2, -0.15) is 0 Å². The lowest BCUT2D eigenvalue weighted by molar-refractivity contribution is -0.00743. The van der Waals surface area contributed by atoms with Crippen molar-refractivity contribution in [2.45, 2.75) is 51.0 Å². The SMILES string of the molecule is CCCC(=N)C1CCC(O)(c2ccc(-c3nccs3)nc2)CC1. The van der Waals surface area contributed by atoms with Gasteiger partial charge in [-0.25, -0.2) is 4.98 Å². The Hall–Kier alpha value is -1.59. The van der Waals surface area contributed by atoms with Crippen LogP contribution in [0.25, 0.3) is 10.7 Å². The number of hydrogen-bond acceptors (Lipinski definition) is 5. The average Bonchev–Trinajstić information content (AvgIpc) is 3.10. The van der Waals surface area contributed by atoms with Crippen LogP contribution in [0.2, 0.25) is 0 Å². The lowest BCUT2D eigenvalue weighted by atomic mass is 9.73. The highest BCUT2D eigenvalue weighted by molar-refractivity contribution is 7.13. The summed E-state index contributed by atoms with van der Waals surface area (Å²) in [6.07, 6.45) is 8.68. The molecule has 0 bridgehead atoms. The minimum Gasteiger partial charge on any atom is -0.385 e. The van der Waals surface area contributed by atoms with Crippen molar-refractivity contribution in [3.8, 4) is 10.7 Å². The van der Waals surface area contributed by atoms with Gasteiger partial charge in [0.1, 0.15) is 5.01 Å². The molecule has 0 radical (unpaired) electrons. The molecule has 1 aliphatic carbocycles. The van der Waals surface area contributed by atoms with E-state index in [0.29, 0.717) is 18.8 Å². The first-order chi connectivity index (χ1) is 11.1. The van der Waals surface area contributed by atoms with Crippen LogP contribution in [0.15, 0.2) is 29.9 Å². The Bertz CT molecular complexity index is 643. The number of nitrogens with one attached hydrogen (secondary N) is 1. The highest BCUT2D eigenvalue weighted by Gasteiger charge is 2.36. The molecule has 1 saturated carbocycles. The van der Waals surface area contributed by atoms with Crippen molar-refractivity contribution in [2.75, 3.05) is 0 Å². The Labute approximate surface area is 141 Å². The van der Waals surface area contributed by atoms with Gasteiger partial charge in [0.25, 0.3) is 0 Å². The molecule has 0 saturated heterocycles. The van der Waals surface area contributed by atoms with Crippen molar-refractivity contribution >= 4 is 17.0 Å². The fourth-order valence-electron chi connectivity index (χ4n) is 3.35. The number of thiazole rings is 1. The summed E-state index contributed by atoms with van der Waals surface area (Å²) in [5, 5.41) is 21.9. The van der Waals surface area contributed by atoms with Crippen LogP contribution < -0.4 is 0 Å². The van der Waals surface area contributed by atoms with Crippen molar-refractivity contribution in [1.29, 1.82) is 5.41 Å². The molecule has 1 aliphatic rings. The molecule has 0 spiro atoms. The maximum atomic E-state index is 11.0. The summed E-state index contributed by atoms with van der Waals surface area (Å²) < 4.78 is 0. The predicted octanol–water partition coefficient (Wildman–Crippen LogP) is 4.40. The Morgan fingerprint density at radius 1 is 1.35 bits per heavy atom. The van der Waals surface area contributed by atoms with E-state index >= 15 is 0 Å². The highest BCUT2D eigenvalue weighted by Crippen LogP contribution is 2.40. The Balaban J connectivity index is 1.68. The largest absolute Gasteiger partial charge is 0.385 e. The summed E-state index contributed by atoms with van der Waals surface area (Å²) in [7, 11) is 0. The molecule has 0 amide bonds. The smallest absolute Gasteiger partial charge is 0.141 e. The van der Waals surface area contributed by atoms with E-state index in [1.165, 1.54) is 0 Å². The van der Waals surface area contributed by atoms with E-state index in [9.17, 15) is 5.11 Å². The van der Waals surface area contributed by atoms with Gasteiger partial charge in [-0.1, -0.05) is 19.4 Å². The Morgan fingerprint density at radius 2 is 2.13 bits per heavy atom. The van der Waals surface area contributed by atoms with Crippen LogP contribution in [0.1, 0.15) is 51.0 Å². The Kier molecular flexibility index (Phi) is 4.87. The molecule has 4 nitrogen and oxygen atoms in total. The summed E-state index contributed by atoms with van der Waals surface area (Å²) in [5.74, 6) is 0.345. The van der Waals surface area contributed by atoms with E-state index in [2.05, 4.69) is 16.9 Å². The number of pyridine rings is 1. The lowest BCUT2D eigenvalue weighted by Crippen LogP contribution is -2.33. The van der Waals surface area contributed by atoms with Gasteiger partial charge >= 0.3 is 0 Å². The van der Waals surface area contributed by atoms with Gasteiger partial charge in [0.05, 0.1) is 11.3 Å². The molecule has 1 fully saturated rings. The number of hydrogen-bond donors (Lipinski definition) is 2. The molecular weight excluding hydrogens is 306 g/mol. The second-order valence-corrected chi connectivity index (χ2v) is 7.25. The predicted molar refractivity (Wildman–Crippen MR) is 93.8 cm³/mol. The van der Waals surface area contributed by atoms with Crippen LogP contribution in [0.5, 0.6) is 0 Å². The van der Waals surface area contributed by atoms with Crippen LogP contribution in [0.3, 0.4) is 0 Å². The summed E-state index contributed by atoms with van der Waals surface area (Å²) in [6.45, 7) is 2.11. The Morgan fingerprint density at radius 3 is 2.70 bits per heavy atom. The van der Waals surface area contributed by atoms with Crippen molar-refractivity contribution in [1.82, 2.24) is 9.97 Å². The molecule has 5 heteroatoms. The van der Waals surface area contributed by atoms with E-state index in [4.69, 9.17) is 5.41 Å². The minimum atomic E-state index is -0.794. The van der Waals surface area contributed by atoms with Gasteiger partial charge in [0, 0.05) is 29.0 Å². The zero-order valence-corrected chi connectivity index (χ0v) is 14.3. The summed E-state index contributed by atoms with van der Waals surface area (Å²) in [4.78, 5) is 8.73. The number of rotatable bonds is 5. The molecule has 0 aliphatic heterocycles. The summed E-state index contributed by atoms with van der Waals surface area (Å²) >= 11 is 1.56. The fourth-order valence-corrected chi connectivity index (χ4v) is 3.97. The number of aromatic nitrogens is 2. The topological polar surface area (TPSA) is 69.9 Å². The first kappa shape index (κ1) is 16.3. The average molecular weight is 329 g/mol. The van der Waals surface area contributed by atoms with Gasteiger partial charge in [-0.05, 0) is 44.1 Å². The van der Waals surface area contributed by atoms with Crippen molar-refractivity contribution in [2.24, 2.45) is 5.92 Å². The summed E-state index contributed by atoms with van der Waals surface area (Å²) in [6, 6.07) is 3.92. The third kappa shape index (κ3) is 3.51. The normalized spacial score (nSPS) is 24.5. The second-order valence-electron chi connectivity index (χ2n) is 6.35. The van der Waals surface area contributed by atoms with Crippen LogP contribution >= 0.6 is 11.3 Å². The molecule has 0 atom stereocenters. The zero-order chi connectivity index (χ0) is 16.3. The van der Waals surface area contributed by atoms with E-state index in [0.717, 1.165) is 47.7 Å². The van der Waals surface area contributed by atoms with Gasteiger partial charge < -0.3 is 10.5 Å². The van der Waals surface area contributed by atoms with Crippen molar-refractivity contribution in [3.05, 3.63) is 35.5 Å². The van der Waals surface area contributed by atoms with E-state index in [-0.39, 0.29) is 0 Å². The van der Waals surface area contributed by atoms with Crippen LogP contribution in [-0.4, -0.2) is 20.8 Å². The van der Waals surface area contributed by atoms with Gasteiger partial charge in [-0.3, -0.25) is 4.98 Å². The van der Waals surface area contributed by atoms with E-state index in [1.54, 1.807) is 23.7 Å². The molecular formula is C18H23N3OS. The molecule has 2 N–H and O–H groups in total. The standard InChI is InChI=1S/C18H23N3OS/c1-2-3-15(19)13-6-8-18(22,9-7-13)14-4-5-16(21-12-14)17-20-10-11-23-17/h4-5,10-13,19,22H,2-3,6-9H2,1H3. The first-order valence-corrected chi connectivity index (χ1v) is 9.16. The fraction of sp³-hybridized carbons (Fsp3) is 0.500. The zero-order valence-electron chi connectivity index (χ0n) is 13.5. The quantitative estimate of drug-likeness (QED) is 0.799. The third-order valence-corrected chi connectivity index (χ3v) is 5.57. The van der Waals surface area contributed by atoms with Gasteiger partial charge in [0.15, 0.2) is 0 Å². The van der Waals surface area contributed by atoms with Crippen LogP contribution in [0.4, 0.5) is 0 Å². The number of nitrogens with zero attached hydrogens (tertiary/aromatic N) is 2. The summed E-state index contributed by atoms with van der Waals surface area (Å²) in [5.41, 5.74) is 1.80. The maximum Gasteiger partial charge on any atom is 0.141 e. The molecule has 2 aromatic heterocycles. The van der Waals surface area contributed by atoms with Crippen LogP contribution in [0, 0.1) is 11.3 Å². The molecule has 2 heterocycles. The van der Waals surface area contributed by atoms with E-state index in [1.807, 2.05) is 17.5 Å². The van der Waals surface area contributed by atoms with Crippen molar-refractivity contribution in [3.63, 3.8) is 0 Å². The molecule has 3 rings (SSSR count).